The molecule has 0 amide bonds. The van der Waals surface area contributed by atoms with Crippen molar-refractivity contribution in [2.75, 3.05) is 33.0 Å². The quantitative estimate of drug-likeness (QED) is 0.406. The number of aromatic nitrogens is 1. The van der Waals surface area contributed by atoms with Crippen molar-refractivity contribution in [3.8, 4) is 0 Å². The number of fused-ring (bicyclic) bond motifs is 1. The Hall–Kier alpha value is -0.680. The van der Waals surface area contributed by atoms with Gasteiger partial charge in [-0.3, -0.25) is 0 Å². The van der Waals surface area contributed by atoms with Crippen LogP contribution in [0, 0.1) is 0 Å². The molecular formula is C14H20ClNO2S. The number of methoxy groups -OCH3 is 1. The summed E-state index contributed by atoms with van der Waals surface area (Å²) in [7, 11) is 1.64. The van der Waals surface area contributed by atoms with E-state index >= 15 is 0 Å². The SMILES string of the molecule is COCOCCc1cn([S+](C)C)c2ccccc12.[Cl-]. The van der Waals surface area contributed by atoms with E-state index in [9.17, 15) is 0 Å². The lowest BCUT2D eigenvalue weighted by Gasteiger charge is -2.01. The molecule has 1 heterocycles. The maximum absolute atomic E-state index is 5.38. The predicted octanol–water partition coefficient (Wildman–Crippen LogP) is -0.551. The normalized spacial score (nSPS) is 10.9. The van der Waals surface area contributed by atoms with E-state index in [2.05, 4.69) is 46.9 Å². The van der Waals surface area contributed by atoms with Gasteiger partial charge in [0, 0.05) is 12.5 Å². The number of nitrogens with zero attached hydrogens (tertiary/aromatic N) is 1. The Balaban J connectivity index is 0.00000180. The molecule has 3 nitrogen and oxygen atoms in total. The zero-order valence-corrected chi connectivity index (χ0v) is 13.1. The number of hydrogen-bond donors (Lipinski definition) is 0. The Kier molecular flexibility index (Phi) is 6.72. The molecule has 0 saturated heterocycles. The lowest BCUT2D eigenvalue weighted by atomic mass is 10.1. The lowest BCUT2D eigenvalue weighted by Crippen LogP contribution is -3.00. The Morgan fingerprint density at radius 1 is 1.21 bits per heavy atom. The molecule has 1 aromatic heterocycles. The average molecular weight is 302 g/mol. The fourth-order valence-corrected chi connectivity index (χ4v) is 2.93. The molecule has 0 aliphatic heterocycles. The summed E-state index contributed by atoms with van der Waals surface area (Å²) in [6.07, 6.45) is 7.65. The summed E-state index contributed by atoms with van der Waals surface area (Å²) < 4.78 is 12.6. The van der Waals surface area contributed by atoms with Gasteiger partial charge in [-0.15, -0.1) is 0 Å². The Morgan fingerprint density at radius 2 is 1.95 bits per heavy atom. The van der Waals surface area contributed by atoms with Crippen LogP contribution in [0.5, 0.6) is 0 Å². The second-order valence-corrected chi connectivity index (χ2v) is 6.28. The number of benzene rings is 1. The van der Waals surface area contributed by atoms with Crippen molar-refractivity contribution in [1.29, 1.82) is 0 Å². The van der Waals surface area contributed by atoms with Crippen LogP contribution in [-0.4, -0.2) is 37.0 Å². The molecule has 0 unspecified atom stereocenters. The van der Waals surface area contributed by atoms with E-state index in [1.807, 2.05) is 0 Å². The van der Waals surface area contributed by atoms with E-state index in [4.69, 9.17) is 9.47 Å². The van der Waals surface area contributed by atoms with Crippen molar-refractivity contribution >= 4 is 22.0 Å². The van der Waals surface area contributed by atoms with E-state index in [1.165, 1.54) is 16.5 Å². The molecular weight excluding hydrogens is 282 g/mol. The highest BCUT2D eigenvalue weighted by Crippen LogP contribution is 2.23. The molecule has 106 valence electrons. The highest BCUT2D eigenvalue weighted by molar-refractivity contribution is 7.94. The van der Waals surface area contributed by atoms with Crippen molar-refractivity contribution in [2.45, 2.75) is 6.42 Å². The van der Waals surface area contributed by atoms with Gasteiger partial charge in [-0.1, -0.05) is 18.2 Å². The summed E-state index contributed by atoms with van der Waals surface area (Å²) in [5.74, 6) is 0. The van der Waals surface area contributed by atoms with Gasteiger partial charge >= 0.3 is 0 Å². The van der Waals surface area contributed by atoms with E-state index in [0.29, 0.717) is 13.4 Å². The number of hydrogen-bond acceptors (Lipinski definition) is 2. The number of halogens is 1. The summed E-state index contributed by atoms with van der Waals surface area (Å²) in [6, 6.07) is 8.55. The Bertz CT molecular complexity index is 513. The van der Waals surface area contributed by atoms with Crippen molar-refractivity contribution in [1.82, 2.24) is 3.97 Å². The van der Waals surface area contributed by atoms with Crippen LogP contribution in [0.3, 0.4) is 0 Å². The van der Waals surface area contributed by atoms with Gasteiger partial charge in [-0.05, 0) is 18.1 Å². The first-order valence-corrected chi connectivity index (χ1v) is 7.97. The van der Waals surface area contributed by atoms with Crippen LogP contribution in [-0.2, 0) is 27.0 Å². The predicted molar refractivity (Wildman–Crippen MR) is 78.1 cm³/mol. The highest BCUT2D eigenvalue weighted by atomic mass is 35.5. The largest absolute Gasteiger partial charge is 1.00 e. The third kappa shape index (κ3) is 3.89. The molecule has 0 N–H and O–H groups in total. The van der Waals surface area contributed by atoms with Gasteiger partial charge in [-0.2, -0.15) is 3.97 Å². The number of rotatable bonds is 6. The van der Waals surface area contributed by atoms with Crippen LogP contribution in [0.2, 0.25) is 0 Å². The second kappa shape index (κ2) is 7.80. The maximum Gasteiger partial charge on any atom is 0.146 e. The minimum atomic E-state index is 0. The summed E-state index contributed by atoms with van der Waals surface area (Å²) in [6.45, 7) is 1.06. The standard InChI is InChI=1S/C14H20NO2S.ClH/c1-16-11-17-9-8-12-10-15(18(2)3)14-7-5-4-6-13(12)14;/h4-7,10H,8-9,11H2,1-3H3;1H/q+1;/p-1. The van der Waals surface area contributed by atoms with Crippen molar-refractivity contribution in [3.63, 3.8) is 0 Å². The van der Waals surface area contributed by atoms with Crippen LogP contribution in [0.15, 0.2) is 30.5 Å². The zero-order chi connectivity index (χ0) is 13.0. The van der Waals surface area contributed by atoms with E-state index in [0.717, 1.165) is 6.42 Å². The van der Waals surface area contributed by atoms with E-state index < -0.39 is 0 Å². The van der Waals surface area contributed by atoms with Crippen molar-refractivity contribution in [3.05, 3.63) is 36.0 Å². The molecule has 2 aromatic rings. The molecule has 0 spiro atoms. The molecule has 0 fully saturated rings. The molecule has 19 heavy (non-hydrogen) atoms. The lowest BCUT2D eigenvalue weighted by molar-refractivity contribution is -0.0290. The van der Waals surface area contributed by atoms with Gasteiger partial charge in [0.25, 0.3) is 0 Å². The number of para-hydroxylation sites is 1. The number of ether oxygens (including phenoxy) is 2. The Labute approximate surface area is 123 Å². The molecule has 0 aliphatic carbocycles. The molecule has 0 aliphatic rings. The summed E-state index contributed by atoms with van der Waals surface area (Å²) in [5.41, 5.74) is 2.66. The van der Waals surface area contributed by atoms with Gasteiger partial charge in [-0.25, -0.2) is 0 Å². The molecule has 0 bridgehead atoms. The minimum Gasteiger partial charge on any atom is -1.00 e. The van der Waals surface area contributed by atoms with Gasteiger partial charge in [0.2, 0.25) is 0 Å². The molecule has 2 rings (SSSR count). The van der Waals surface area contributed by atoms with Crippen LogP contribution < -0.4 is 12.4 Å². The van der Waals surface area contributed by atoms with Crippen molar-refractivity contribution < 1.29 is 21.9 Å². The smallest absolute Gasteiger partial charge is 0.146 e. The van der Waals surface area contributed by atoms with Crippen LogP contribution >= 0.6 is 0 Å². The van der Waals surface area contributed by atoms with Gasteiger partial charge in [0.05, 0.1) is 29.4 Å². The molecule has 0 saturated carbocycles. The highest BCUT2D eigenvalue weighted by Gasteiger charge is 2.15. The van der Waals surface area contributed by atoms with Crippen LogP contribution in [0.25, 0.3) is 10.9 Å². The first-order chi connectivity index (χ1) is 8.74. The summed E-state index contributed by atoms with van der Waals surface area (Å²) >= 11 is 0.210. The van der Waals surface area contributed by atoms with E-state index in [-0.39, 0.29) is 23.5 Å². The second-order valence-electron chi connectivity index (χ2n) is 4.34. The van der Waals surface area contributed by atoms with Gasteiger partial charge in [0.1, 0.15) is 19.3 Å². The monoisotopic (exact) mass is 301 g/mol. The minimum absolute atomic E-state index is 0. The first-order valence-electron chi connectivity index (χ1n) is 5.97. The third-order valence-corrected chi connectivity index (χ3v) is 3.96. The van der Waals surface area contributed by atoms with Crippen LogP contribution in [0.1, 0.15) is 5.56 Å². The molecule has 0 radical (unpaired) electrons. The third-order valence-electron chi connectivity index (χ3n) is 2.87. The first kappa shape index (κ1) is 16.4. The average Bonchev–Trinajstić information content (AvgIpc) is 2.74. The molecule has 0 atom stereocenters. The van der Waals surface area contributed by atoms with Crippen LogP contribution in [0.4, 0.5) is 0 Å². The zero-order valence-electron chi connectivity index (χ0n) is 11.6. The van der Waals surface area contributed by atoms with Gasteiger partial charge < -0.3 is 21.9 Å². The topological polar surface area (TPSA) is 23.4 Å². The maximum atomic E-state index is 5.38. The van der Waals surface area contributed by atoms with Gasteiger partial charge in [0.15, 0.2) is 0 Å². The molecule has 1 aromatic carbocycles. The van der Waals surface area contributed by atoms with Crippen molar-refractivity contribution in [2.24, 2.45) is 0 Å². The Morgan fingerprint density at radius 3 is 2.63 bits per heavy atom. The fraction of sp³-hybridized carbons (Fsp3) is 0.429. The summed E-state index contributed by atoms with van der Waals surface area (Å²) in [5, 5.41) is 1.33. The summed E-state index contributed by atoms with van der Waals surface area (Å²) in [4.78, 5) is 0. The fourth-order valence-electron chi connectivity index (χ4n) is 2.04. The van der Waals surface area contributed by atoms with E-state index in [1.54, 1.807) is 7.11 Å². The molecule has 5 heteroatoms.